The Morgan fingerprint density at radius 1 is 1.20 bits per heavy atom. The summed E-state index contributed by atoms with van der Waals surface area (Å²) in [6.45, 7) is 5.35. The second kappa shape index (κ2) is 6.79. The van der Waals surface area contributed by atoms with Gasteiger partial charge >= 0.3 is 5.97 Å². The van der Waals surface area contributed by atoms with Crippen LogP contribution in [0.4, 0.5) is 11.4 Å². The van der Waals surface area contributed by atoms with Crippen molar-refractivity contribution in [2.45, 2.75) is 39.3 Å². The highest BCUT2D eigenvalue weighted by atomic mass is 16.5. The molecule has 0 fully saturated rings. The number of anilines is 2. The van der Waals surface area contributed by atoms with Crippen molar-refractivity contribution in [2.24, 2.45) is 0 Å². The Bertz CT molecular complexity index is 482. The minimum absolute atomic E-state index is 0.0340. The molecule has 0 spiro atoms. The average molecular weight is 279 g/mol. The summed E-state index contributed by atoms with van der Waals surface area (Å²) in [6.07, 6.45) is -0.0721. The Morgan fingerprint density at radius 2 is 1.75 bits per heavy atom. The molecule has 0 aliphatic carbocycles. The van der Waals surface area contributed by atoms with Crippen molar-refractivity contribution in [1.82, 2.24) is 5.32 Å². The van der Waals surface area contributed by atoms with E-state index in [-0.39, 0.29) is 17.5 Å². The van der Waals surface area contributed by atoms with Crippen LogP contribution in [-0.4, -0.2) is 24.0 Å². The topological polar surface area (TPSA) is 107 Å². The standard InChI is InChI=1S/C14H21N3O3/c1-4-8(2)17-13(18)9(3)20-14(19)10-5-11(15)7-12(16)6-10/h5-9H,4,15-16H2,1-3H3,(H,17,18). The molecule has 0 saturated carbocycles. The van der Waals surface area contributed by atoms with Gasteiger partial charge in [0, 0.05) is 17.4 Å². The second-order valence-corrected chi connectivity index (χ2v) is 4.75. The summed E-state index contributed by atoms with van der Waals surface area (Å²) in [5.74, 6) is -0.958. The number of esters is 1. The van der Waals surface area contributed by atoms with Crippen molar-refractivity contribution in [3.05, 3.63) is 23.8 Å². The molecule has 1 aromatic carbocycles. The molecule has 0 heterocycles. The Labute approximate surface area is 118 Å². The van der Waals surface area contributed by atoms with Crippen LogP contribution >= 0.6 is 0 Å². The molecule has 0 saturated heterocycles. The van der Waals surface area contributed by atoms with Crippen molar-refractivity contribution in [3.8, 4) is 0 Å². The predicted molar refractivity (Wildman–Crippen MR) is 78.0 cm³/mol. The maximum atomic E-state index is 11.9. The van der Waals surface area contributed by atoms with Gasteiger partial charge in [-0.25, -0.2) is 4.79 Å². The van der Waals surface area contributed by atoms with Gasteiger partial charge in [-0.1, -0.05) is 6.92 Å². The van der Waals surface area contributed by atoms with Gasteiger partial charge in [-0.2, -0.15) is 0 Å². The molecule has 20 heavy (non-hydrogen) atoms. The van der Waals surface area contributed by atoms with Crippen molar-refractivity contribution in [2.75, 3.05) is 11.5 Å². The molecular formula is C14H21N3O3. The summed E-state index contributed by atoms with van der Waals surface area (Å²) >= 11 is 0. The Kier molecular flexibility index (Phi) is 5.37. The van der Waals surface area contributed by atoms with Crippen LogP contribution in [0.3, 0.4) is 0 Å². The van der Waals surface area contributed by atoms with E-state index in [0.717, 1.165) is 6.42 Å². The molecule has 1 amide bonds. The van der Waals surface area contributed by atoms with Gasteiger partial charge in [0.05, 0.1) is 5.56 Å². The number of nitrogens with two attached hydrogens (primary N) is 2. The summed E-state index contributed by atoms with van der Waals surface area (Å²) in [4.78, 5) is 23.7. The highest BCUT2D eigenvalue weighted by Gasteiger charge is 2.20. The van der Waals surface area contributed by atoms with E-state index in [0.29, 0.717) is 11.4 Å². The van der Waals surface area contributed by atoms with E-state index < -0.39 is 12.1 Å². The summed E-state index contributed by atoms with van der Waals surface area (Å²) in [7, 11) is 0. The fourth-order valence-corrected chi connectivity index (χ4v) is 1.54. The first kappa shape index (κ1) is 15.8. The number of hydrogen-bond donors (Lipinski definition) is 3. The first-order valence-electron chi connectivity index (χ1n) is 6.50. The fraction of sp³-hybridized carbons (Fsp3) is 0.429. The number of ether oxygens (including phenoxy) is 1. The summed E-state index contributed by atoms with van der Waals surface area (Å²) in [5, 5.41) is 2.74. The number of carbonyl (C=O) groups excluding carboxylic acids is 2. The number of benzene rings is 1. The highest BCUT2D eigenvalue weighted by molar-refractivity contribution is 5.94. The Morgan fingerprint density at radius 3 is 2.25 bits per heavy atom. The molecule has 5 N–H and O–H groups in total. The zero-order valence-electron chi connectivity index (χ0n) is 12.0. The minimum Gasteiger partial charge on any atom is -0.449 e. The van der Waals surface area contributed by atoms with E-state index in [4.69, 9.17) is 16.2 Å². The molecule has 0 aliphatic rings. The van der Waals surface area contributed by atoms with Crippen LogP contribution in [0.25, 0.3) is 0 Å². The van der Waals surface area contributed by atoms with E-state index in [1.807, 2.05) is 13.8 Å². The third-order valence-corrected chi connectivity index (χ3v) is 2.87. The molecule has 0 aliphatic heterocycles. The number of nitrogens with one attached hydrogen (secondary N) is 1. The van der Waals surface area contributed by atoms with E-state index in [2.05, 4.69) is 5.32 Å². The molecule has 110 valence electrons. The van der Waals surface area contributed by atoms with Crippen LogP contribution < -0.4 is 16.8 Å². The average Bonchev–Trinajstić information content (AvgIpc) is 2.37. The van der Waals surface area contributed by atoms with Gasteiger partial charge in [0.25, 0.3) is 5.91 Å². The second-order valence-electron chi connectivity index (χ2n) is 4.75. The summed E-state index contributed by atoms with van der Waals surface area (Å²) < 4.78 is 5.09. The third kappa shape index (κ3) is 4.46. The molecule has 0 aromatic heterocycles. The van der Waals surface area contributed by atoms with E-state index in [9.17, 15) is 9.59 Å². The lowest BCUT2D eigenvalue weighted by molar-refractivity contribution is -0.129. The van der Waals surface area contributed by atoms with Crippen molar-refractivity contribution >= 4 is 23.3 Å². The van der Waals surface area contributed by atoms with Gasteiger partial charge in [0.2, 0.25) is 0 Å². The van der Waals surface area contributed by atoms with Gasteiger partial charge in [0.1, 0.15) is 0 Å². The van der Waals surface area contributed by atoms with Crippen LogP contribution in [0, 0.1) is 0 Å². The molecule has 1 aromatic rings. The molecule has 1 rings (SSSR count). The number of hydrogen-bond acceptors (Lipinski definition) is 5. The minimum atomic E-state index is -0.876. The van der Waals surface area contributed by atoms with Crippen LogP contribution in [0.1, 0.15) is 37.6 Å². The third-order valence-electron chi connectivity index (χ3n) is 2.87. The van der Waals surface area contributed by atoms with Gasteiger partial charge < -0.3 is 21.5 Å². The van der Waals surface area contributed by atoms with Crippen LogP contribution in [0.15, 0.2) is 18.2 Å². The highest BCUT2D eigenvalue weighted by Crippen LogP contribution is 2.15. The molecule has 2 atom stereocenters. The lowest BCUT2D eigenvalue weighted by atomic mass is 10.2. The predicted octanol–water partition coefficient (Wildman–Crippen LogP) is 1.31. The van der Waals surface area contributed by atoms with Gasteiger partial charge in [0.15, 0.2) is 6.10 Å². The molecule has 6 heteroatoms. The SMILES string of the molecule is CCC(C)NC(=O)C(C)OC(=O)c1cc(N)cc(N)c1. The van der Waals surface area contributed by atoms with Gasteiger partial charge in [-0.15, -0.1) is 0 Å². The normalized spacial score (nSPS) is 13.3. The number of carbonyl (C=O) groups is 2. The van der Waals surface area contributed by atoms with Crippen LogP contribution in [-0.2, 0) is 9.53 Å². The van der Waals surface area contributed by atoms with E-state index in [1.54, 1.807) is 0 Å². The molecule has 6 nitrogen and oxygen atoms in total. The van der Waals surface area contributed by atoms with Gasteiger partial charge in [-0.05, 0) is 38.5 Å². The van der Waals surface area contributed by atoms with Crippen LogP contribution in [0.5, 0.6) is 0 Å². The zero-order valence-corrected chi connectivity index (χ0v) is 12.0. The quantitative estimate of drug-likeness (QED) is 0.556. The molecule has 0 radical (unpaired) electrons. The first-order valence-corrected chi connectivity index (χ1v) is 6.50. The maximum absolute atomic E-state index is 11.9. The van der Waals surface area contributed by atoms with Crippen LogP contribution in [0.2, 0.25) is 0 Å². The Hall–Kier alpha value is -2.24. The van der Waals surface area contributed by atoms with E-state index in [1.165, 1.54) is 25.1 Å². The van der Waals surface area contributed by atoms with Crippen molar-refractivity contribution in [1.29, 1.82) is 0 Å². The number of amides is 1. The maximum Gasteiger partial charge on any atom is 0.339 e. The van der Waals surface area contributed by atoms with Gasteiger partial charge in [-0.3, -0.25) is 4.79 Å². The lowest BCUT2D eigenvalue weighted by Gasteiger charge is -2.17. The Balaban J connectivity index is 2.67. The van der Waals surface area contributed by atoms with Crippen molar-refractivity contribution in [3.63, 3.8) is 0 Å². The first-order chi connectivity index (χ1) is 9.33. The smallest absolute Gasteiger partial charge is 0.339 e. The zero-order chi connectivity index (χ0) is 15.3. The largest absolute Gasteiger partial charge is 0.449 e. The molecule has 2 unspecified atom stereocenters. The molecule has 0 bridgehead atoms. The molecular weight excluding hydrogens is 258 g/mol. The van der Waals surface area contributed by atoms with Crippen molar-refractivity contribution < 1.29 is 14.3 Å². The number of nitrogen functional groups attached to an aromatic ring is 2. The van der Waals surface area contributed by atoms with E-state index >= 15 is 0 Å². The number of rotatable bonds is 5. The monoisotopic (exact) mass is 279 g/mol. The lowest BCUT2D eigenvalue weighted by Crippen LogP contribution is -2.40. The fourth-order valence-electron chi connectivity index (χ4n) is 1.54. The summed E-state index contributed by atoms with van der Waals surface area (Å²) in [6, 6.07) is 4.48. The summed E-state index contributed by atoms with van der Waals surface area (Å²) in [5.41, 5.74) is 12.2.